The standard InChI is InChI=1S/C39H72O7/c1-3-5-7-21-27-35(41)29-23-17-13-9-11-15-19-25-31-38(43)45-34-37(33-40)46-39(44)32-26-20-16-12-10-14-18-24-30-36(42)28-22-8-6-4-2/h17-18,23-24,35-37,40-42H,3-16,19-22,25-34H2,1-2H3/b23-17+,24-18+. The molecule has 0 radical (unpaired) electrons. The highest BCUT2D eigenvalue weighted by molar-refractivity contribution is 5.70. The minimum atomic E-state index is -0.812. The molecule has 7 nitrogen and oxygen atoms in total. The molecule has 0 heterocycles. The van der Waals surface area contributed by atoms with Gasteiger partial charge in [-0.15, -0.1) is 0 Å². The summed E-state index contributed by atoms with van der Waals surface area (Å²) in [6.07, 6.45) is 32.8. The Hall–Kier alpha value is -1.70. The van der Waals surface area contributed by atoms with Crippen LogP contribution in [-0.4, -0.2) is 58.8 Å². The maximum absolute atomic E-state index is 12.1. The molecule has 0 aliphatic carbocycles. The number of carbonyl (C=O) groups excluding carboxylic acids is 2. The molecule has 3 N–H and O–H groups in total. The lowest BCUT2D eigenvalue weighted by Gasteiger charge is -2.15. The van der Waals surface area contributed by atoms with Crippen LogP contribution in [0.2, 0.25) is 0 Å². The molecule has 7 heteroatoms. The van der Waals surface area contributed by atoms with Crippen molar-refractivity contribution in [3.63, 3.8) is 0 Å². The number of hydrogen-bond acceptors (Lipinski definition) is 7. The van der Waals surface area contributed by atoms with E-state index in [2.05, 4.69) is 38.2 Å². The van der Waals surface area contributed by atoms with Gasteiger partial charge in [-0.2, -0.15) is 0 Å². The highest BCUT2D eigenvalue weighted by atomic mass is 16.6. The van der Waals surface area contributed by atoms with Crippen molar-refractivity contribution in [3.05, 3.63) is 24.3 Å². The maximum Gasteiger partial charge on any atom is 0.306 e. The van der Waals surface area contributed by atoms with Gasteiger partial charge in [-0.25, -0.2) is 0 Å². The molecule has 0 aromatic carbocycles. The third kappa shape index (κ3) is 32.2. The molecule has 0 rings (SSSR count). The topological polar surface area (TPSA) is 113 Å². The molecule has 0 saturated carbocycles. The van der Waals surface area contributed by atoms with Crippen LogP contribution < -0.4 is 0 Å². The van der Waals surface area contributed by atoms with Crippen LogP contribution in [0.4, 0.5) is 0 Å². The predicted molar refractivity (Wildman–Crippen MR) is 190 cm³/mol. The average molecular weight is 653 g/mol. The SMILES string of the molecule is CCCCCCC(O)C/C=C/CCCCCCCC(=O)OCC(CO)OC(=O)CCCCCCC/C=C/CC(O)CCCCCC. The second-order valence-corrected chi connectivity index (χ2v) is 13.0. The fourth-order valence-electron chi connectivity index (χ4n) is 5.34. The Balaban J connectivity index is 3.67. The smallest absolute Gasteiger partial charge is 0.306 e. The number of aliphatic hydroxyl groups is 3. The Bertz CT molecular complexity index is 736. The maximum atomic E-state index is 12.1. The number of unbranched alkanes of at least 4 members (excludes halogenated alkanes) is 16. The molecule has 0 spiro atoms. The lowest BCUT2D eigenvalue weighted by molar-refractivity contribution is -0.161. The lowest BCUT2D eigenvalue weighted by Crippen LogP contribution is -2.28. The van der Waals surface area contributed by atoms with Crippen molar-refractivity contribution >= 4 is 11.9 Å². The highest BCUT2D eigenvalue weighted by Crippen LogP contribution is 2.13. The summed E-state index contributed by atoms with van der Waals surface area (Å²) in [7, 11) is 0. The summed E-state index contributed by atoms with van der Waals surface area (Å²) in [5, 5.41) is 29.5. The summed E-state index contributed by atoms with van der Waals surface area (Å²) < 4.78 is 10.5. The minimum Gasteiger partial charge on any atom is -0.462 e. The molecule has 0 aliphatic heterocycles. The van der Waals surface area contributed by atoms with Crippen LogP contribution in [0.5, 0.6) is 0 Å². The number of hydrogen-bond donors (Lipinski definition) is 3. The van der Waals surface area contributed by atoms with E-state index in [1.54, 1.807) is 0 Å². The molecule has 0 fully saturated rings. The van der Waals surface area contributed by atoms with Crippen LogP contribution >= 0.6 is 0 Å². The van der Waals surface area contributed by atoms with Gasteiger partial charge in [0.25, 0.3) is 0 Å². The van der Waals surface area contributed by atoms with Crippen molar-refractivity contribution in [1.29, 1.82) is 0 Å². The number of carbonyl (C=O) groups is 2. The first kappa shape index (κ1) is 44.3. The Labute approximate surface area is 282 Å². The molecular formula is C39H72O7. The van der Waals surface area contributed by atoms with Crippen LogP contribution in [0.1, 0.15) is 181 Å². The van der Waals surface area contributed by atoms with E-state index < -0.39 is 6.10 Å². The van der Waals surface area contributed by atoms with Crippen molar-refractivity contribution < 1.29 is 34.4 Å². The van der Waals surface area contributed by atoms with Crippen molar-refractivity contribution in [2.24, 2.45) is 0 Å². The number of ether oxygens (including phenoxy) is 2. The van der Waals surface area contributed by atoms with E-state index in [-0.39, 0.29) is 37.4 Å². The van der Waals surface area contributed by atoms with Gasteiger partial charge < -0.3 is 24.8 Å². The molecule has 0 aromatic rings. The Kier molecular flexibility index (Phi) is 33.3. The van der Waals surface area contributed by atoms with Crippen molar-refractivity contribution in [2.75, 3.05) is 13.2 Å². The zero-order valence-corrected chi connectivity index (χ0v) is 29.8. The molecule has 3 unspecified atom stereocenters. The first-order valence-electron chi connectivity index (χ1n) is 19.0. The molecular weight excluding hydrogens is 580 g/mol. The predicted octanol–water partition coefficient (Wildman–Crippen LogP) is 9.45. The van der Waals surface area contributed by atoms with Crippen LogP contribution in [0, 0.1) is 0 Å². The van der Waals surface area contributed by atoms with E-state index in [1.807, 2.05) is 0 Å². The Morgan fingerprint density at radius 2 is 1.00 bits per heavy atom. The summed E-state index contributed by atoms with van der Waals surface area (Å²) in [4.78, 5) is 24.2. The highest BCUT2D eigenvalue weighted by Gasteiger charge is 2.16. The quantitative estimate of drug-likeness (QED) is 0.0360. The van der Waals surface area contributed by atoms with E-state index in [0.717, 1.165) is 116 Å². The molecule has 0 saturated heterocycles. The molecule has 0 bridgehead atoms. The lowest BCUT2D eigenvalue weighted by atomic mass is 10.1. The average Bonchev–Trinajstić information content (AvgIpc) is 3.05. The number of aliphatic hydroxyl groups excluding tert-OH is 3. The van der Waals surface area contributed by atoms with Crippen LogP contribution in [0.25, 0.3) is 0 Å². The minimum absolute atomic E-state index is 0.107. The molecule has 0 aromatic heterocycles. The van der Waals surface area contributed by atoms with Gasteiger partial charge in [-0.1, -0.05) is 128 Å². The Morgan fingerprint density at radius 1 is 0.565 bits per heavy atom. The summed E-state index contributed by atoms with van der Waals surface area (Å²) in [6, 6.07) is 0. The van der Waals surface area contributed by atoms with Crippen LogP contribution in [-0.2, 0) is 19.1 Å². The first-order valence-corrected chi connectivity index (χ1v) is 19.0. The fraction of sp³-hybridized carbons (Fsp3) is 0.846. The third-order valence-electron chi connectivity index (χ3n) is 8.37. The molecule has 0 amide bonds. The summed E-state index contributed by atoms with van der Waals surface area (Å²) in [5.41, 5.74) is 0. The summed E-state index contributed by atoms with van der Waals surface area (Å²) in [5.74, 6) is -0.682. The second-order valence-electron chi connectivity index (χ2n) is 13.0. The van der Waals surface area contributed by atoms with Crippen molar-refractivity contribution in [1.82, 2.24) is 0 Å². The summed E-state index contributed by atoms with van der Waals surface area (Å²) in [6.45, 7) is 3.92. The van der Waals surface area contributed by atoms with Gasteiger partial charge in [-0.3, -0.25) is 9.59 Å². The third-order valence-corrected chi connectivity index (χ3v) is 8.37. The first-order chi connectivity index (χ1) is 22.4. The van der Waals surface area contributed by atoms with Gasteiger partial charge in [0.1, 0.15) is 6.61 Å². The van der Waals surface area contributed by atoms with E-state index in [4.69, 9.17) is 9.47 Å². The normalized spacial score (nSPS) is 13.8. The molecule has 3 atom stereocenters. The number of esters is 2. The van der Waals surface area contributed by atoms with E-state index in [1.165, 1.54) is 38.5 Å². The van der Waals surface area contributed by atoms with E-state index in [0.29, 0.717) is 12.8 Å². The van der Waals surface area contributed by atoms with E-state index >= 15 is 0 Å². The second kappa shape index (κ2) is 34.6. The zero-order chi connectivity index (χ0) is 33.9. The van der Waals surface area contributed by atoms with Gasteiger partial charge in [0.05, 0.1) is 18.8 Å². The number of allylic oxidation sites excluding steroid dienone is 2. The van der Waals surface area contributed by atoms with Gasteiger partial charge in [0, 0.05) is 12.8 Å². The van der Waals surface area contributed by atoms with E-state index in [9.17, 15) is 24.9 Å². The number of rotatable bonds is 34. The molecule has 0 aliphatic rings. The molecule has 270 valence electrons. The van der Waals surface area contributed by atoms with Gasteiger partial charge in [0.2, 0.25) is 0 Å². The van der Waals surface area contributed by atoms with Gasteiger partial charge in [-0.05, 0) is 64.2 Å². The zero-order valence-electron chi connectivity index (χ0n) is 29.8. The largest absolute Gasteiger partial charge is 0.462 e. The van der Waals surface area contributed by atoms with Crippen molar-refractivity contribution in [2.45, 2.75) is 199 Å². The van der Waals surface area contributed by atoms with Crippen molar-refractivity contribution in [3.8, 4) is 0 Å². The summed E-state index contributed by atoms with van der Waals surface area (Å²) >= 11 is 0. The van der Waals surface area contributed by atoms with Gasteiger partial charge >= 0.3 is 11.9 Å². The Morgan fingerprint density at radius 3 is 1.48 bits per heavy atom. The van der Waals surface area contributed by atoms with Gasteiger partial charge in [0.15, 0.2) is 6.10 Å². The van der Waals surface area contributed by atoms with Crippen LogP contribution in [0.15, 0.2) is 24.3 Å². The van der Waals surface area contributed by atoms with Crippen LogP contribution in [0.3, 0.4) is 0 Å². The fourth-order valence-corrected chi connectivity index (χ4v) is 5.34. The molecule has 46 heavy (non-hydrogen) atoms. The monoisotopic (exact) mass is 653 g/mol.